The summed E-state index contributed by atoms with van der Waals surface area (Å²) in [6.45, 7) is 7.06. The highest BCUT2D eigenvalue weighted by molar-refractivity contribution is 7.19. The molecule has 3 aromatic heterocycles. The van der Waals surface area contributed by atoms with Crippen molar-refractivity contribution in [3.8, 4) is 0 Å². The molecule has 1 atom stereocenters. The monoisotopic (exact) mass is 286 g/mol. The quantitative estimate of drug-likeness (QED) is 0.635. The molecule has 0 saturated carbocycles. The topological polar surface area (TPSA) is 43.1 Å². The molecule has 0 amide bonds. The highest BCUT2D eigenvalue weighted by Gasteiger charge is 2.31. The van der Waals surface area contributed by atoms with Crippen molar-refractivity contribution in [2.24, 2.45) is 11.3 Å². The molecule has 0 aliphatic heterocycles. The molecule has 0 aromatic carbocycles. The standard InChI is InChI=1S/C15H18N4S/c1-15(2,3)9-4-5-10-11(6-9)20-14-12(10)13-16-7-18-19(13)8-17-14/h7-9H,4-6H2,1-3H3/t9-/m1/s1. The third kappa shape index (κ3) is 1.69. The Morgan fingerprint density at radius 1 is 1.30 bits per heavy atom. The Bertz CT molecular complexity index is 793. The highest BCUT2D eigenvalue weighted by atomic mass is 32.1. The smallest absolute Gasteiger partial charge is 0.167 e. The van der Waals surface area contributed by atoms with Gasteiger partial charge in [0.25, 0.3) is 0 Å². The zero-order chi connectivity index (χ0) is 13.9. The van der Waals surface area contributed by atoms with Gasteiger partial charge in [-0.2, -0.15) is 5.10 Å². The number of aromatic nitrogens is 4. The van der Waals surface area contributed by atoms with Crippen molar-refractivity contribution in [2.75, 3.05) is 0 Å². The van der Waals surface area contributed by atoms with E-state index in [1.807, 2.05) is 11.3 Å². The lowest BCUT2D eigenvalue weighted by molar-refractivity contribution is 0.218. The van der Waals surface area contributed by atoms with Crippen molar-refractivity contribution >= 4 is 27.2 Å². The Balaban J connectivity index is 1.91. The molecular formula is C15H18N4S. The van der Waals surface area contributed by atoms with Gasteiger partial charge in [-0.1, -0.05) is 20.8 Å². The van der Waals surface area contributed by atoms with Gasteiger partial charge in [-0.3, -0.25) is 0 Å². The van der Waals surface area contributed by atoms with Crippen molar-refractivity contribution in [1.29, 1.82) is 0 Å². The predicted molar refractivity (Wildman–Crippen MR) is 81.1 cm³/mol. The molecule has 5 heteroatoms. The molecule has 104 valence electrons. The van der Waals surface area contributed by atoms with E-state index in [1.54, 1.807) is 17.2 Å². The first-order chi connectivity index (χ1) is 9.54. The molecule has 0 N–H and O–H groups in total. The lowest BCUT2D eigenvalue weighted by Crippen LogP contribution is -2.26. The SMILES string of the molecule is CC(C)(C)[C@@H]1CCc2c(sc3ncn4ncnc4c23)C1. The molecule has 0 fully saturated rings. The Morgan fingerprint density at radius 2 is 2.15 bits per heavy atom. The van der Waals surface area contributed by atoms with E-state index in [0.29, 0.717) is 5.41 Å². The summed E-state index contributed by atoms with van der Waals surface area (Å²) >= 11 is 1.85. The number of hydrogen-bond donors (Lipinski definition) is 0. The fourth-order valence-corrected chi connectivity index (χ4v) is 4.51. The maximum Gasteiger partial charge on any atom is 0.167 e. The van der Waals surface area contributed by atoms with Crippen LogP contribution in [0.4, 0.5) is 0 Å². The van der Waals surface area contributed by atoms with Crippen LogP contribution in [0, 0.1) is 11.3 Å². The minimum Gasteiger partial charge on any atom is -0.225 e. The lowest BCUT2D eigenvalue weighted by Gasteiger charge is -2.33. The largest absolute Gasteiger partial charge is 0.225 e. The maximum atomic E-state index is 4.55. The second-order valence-corrected chi connectivity index (χ2v) is 7.85. The molecule has 3 heterocycles. The van der Waals surface area contributed by atoms with Gasteiger partial charge in [-0.05, 0) is 36.2 Å². The summed E-state index contributed by atoms with van der Waals surface area (Å²) in [4.78, 5) is 11.6. The molecule has 20 heavy (non-hydrogen) atoms. The van der Waals surface area contributed by atoms with Gasteiger partial charge in [-0.15, -0.1) is 11.3 Å². The molecule has 1 aliphatic rings. The van der Waals surface area contributed by atoms with Crippen molar-refractivity contribution in [2.45, 2.75) is 40.0 Å². The molecule has 0 saturated heterocycles. The molecule has 0 spiro atoms. The Kier molecular flexibility index (Phi) is 2.46. The zero-order valence-corrected chi connectivity index (χ0v) is 12.9. The lowest BCUT2D eigenvalue weighted by atomic mass is 9.72. The number of nitrogens with zero attached hydrogens (tertiary/aromatic N) is 4. The zero-order valence-electron chi connectivity index (χ0n) is 12.1. The molecule has 0 unspecified atom stereocenters. The van der Waals surface area contributed by atoms with E-state index < -0.39 is 0 Å². The van der Waals surface area contributed by atoms with Gasteiger partial charge in [-0.25, -0.2) is 14.5 Å². The van der Waals surface area contributed by atoms with Gasteiger partial charge in [0.1, 0.15) is 17.5 Å². The third-order valence-electron chi connectivity index (χ3n) is 4.55. The summed E-state index contributed by atoms with van der Waals surface area (Å²) in [6, 6.07) is 0. The minimum absolute atomic E-state index is 0.380. The highest BCUT2D eigenvalue weighted by Crippen LogP contribution is 2.43. The summed E-state index contributed by atoms with van der Waals surface area (Å²) in [6.07, 6.45) is 6.97. The van der Waals surface area contributed by atoms with E-state index >= 15 is 0 Å². The van der Waals surface area contributed by atoms with Crippen LogP contribution in [0.5, 0.6) is 0 Å². The van der Waals surface area contributed by atoms with Crippen LogP contribution >= 0.6 is 11.3 Å². The number of hydrogen-bond acceptors (Lipinski definition) is 4. The molecule has 4 rings (SSSR count). The van der Waals surface area contributed by atoms with E-state index in [1.165, 1.54) is 28.7 Å². The second kappa shape index (κ2) is 4.01. The molecular weight excluding hydrogens is 268 g/mol. The number of thiophene rings is 1. The van der Waals surface area contributed by atoms with Gasteiger partial charge >= 0.3 is 0 Å². The van der Waals surface area contributed by atoms with Crippen LogP contribution in [0.1, 0.15) is 37.6 Å². The first-order valence-corrected chi connectivity index (χ1v) is 7.94. The summed E-state index contributed by atoms with van der Waals surface area (Å²) < 4.78 is 1.78. The Morgan fingerprint density at radius 3 is 2.95 bits per heavy atom. The number of aryl methyl sites for hydroxylation is 1. The van der Waals surface area contributed by atoms with Gasteiger partial charge in [0.2, 0.25) is 0 Å². The van der Waals surface area contributed by atoms with Crippen LogP contribution in [0.3, 0.4) is 0 Å². The molecule has 0 bridgehead atoms. The van der Waals surface area contributed by atoms with E-state index in [4.69, 9.17) is 0 Å². The Labute approximate surface area is 121 Å². The number of rotatable bonds is 0. The normalized spacial score (nSPS) is 19.6. The van der Waals surface area contributed by atoms with Crippen LogP contribution in [0.25, 0.3) is 15.9 Å². The maximum absolute atomic E-state index is 4.55. The molecule has 4 nitrogen and oxygen atoms in total. The fourth-order valence-electron chi connectivity index (χ4n) is 3.25. The van der Waals surface area contributed by atoms with Gasteiger partial charge in [0.05, 0.1) is 5.39 Å². The third-order valence-corrected chi connectivity index (χ3v) is 5.71. The summed E-state index contributed by atoms with van der Waals surface area (Å²) in [5.41, 5.74) is 2.81. The minimum atomic E-state index is 0.380. The van der Waals surface area contributed by atoms with Crippen LogP contribution < -0.4 is 0 Å². The summed E-state index contributed by atoms with van der Waals surface area (Å²) in [5, 5.41) is 5.43. The van der Waals surface area contributed by atoms with Gasteiger partial charge < -0.3 is 0 Å². The van der Waals surface area contributed by atoms with Crippen LogP contribution in [0.15, 0.2) is 12.7 Å². The summed E-state index contributed by atoms with van der Waals surface area (Å²) in [5.74, 6) is 0.761. The second-order valence-electron chi connectivity index (χ2n) is 6.76. The summed E-state index contributed by atoms with van der Waals surface area (Å²) in [7, 11) is 0. The molecule has 1 aliphatic carbocycles. The Hall–Kier alpha value is -1.49. The predicted octanol–water partition coefficient (Wildman–Crippen LogP) is 3.49. The van der Waals surface area contributed by atoms with Gasteiger partial charge in [0, 0.05) is 4.88 Å². The van der Waals surface area contributed by atoms with Crippen molar-refractivity contribution in [1.82, 2.24) is 19.6 Å². The number of fused-ring (bicyclic) bond motifs is 5. The fraction of sp³-hybridized carbons (Fsp3) is 0.533. The van der Waals surface area contributed by atoms with Gasteiger partial charge in [0.15, 0.2) is 5.65 Å². The average molecular weight is 286 g/mol. The molecule has 3 aromatic rings. The van der Waals surface area contributed by atoms with Crippen LogP contribution in [-0.2, 0) is 12.8 Å². The van der Waals surface area contributed by atoms with E-state index in [-0.39, 0.29) is 0 Å². The van der Waals surface area contributed by atoms with Crippen molar-refractivity contribution < 1.29 is 0 Å². The first-order valence-electron chi connectivity index (χ1n) is 7.12. The van der Waals surface area contributed by atoms with Crippen molar-refractivity contribution in [3.63, 3.8) is 0 Å². The van der Waals surface area contributed by atoms with E-state index in [0.717, 1.165) is 22.8 Å². The first kappa shape index (κ1) is 12.3. The van der Waals surface area contributed by atoms with Crippen LogP contribution in [-0.4, -0.2) is 19.6 Å². The van der Waals surface area contributed by atoms with E-state index in [9.17, 15) is 0 Å². The molecule has 0 radical (unpaired) electrons. The van der Waals surface area contributed by atoms with E-state index in [2.05, 4.69) is 35.8 Å². The van der Waals surface area contributed by atoms with Crippen molar-refractivity contribution in [3.05, 3.63) is 23.1 Å². The van der Waals surface area contributed by atoms with Crippen LogP contribution in [0.2, 0.25) is 0 Å². The average Bonchev–Trinajstić information content (AvgIpc) is 2.99.